The molecular formula is C22H28O7. The van der Waals surface area contributed by atoms with Crippen LogP contribution in [0, 0.1) is 16.7 Å². The number of carboxylic acids is 1. The second kappa shape index (κ2) is 7.44. The summed E-state index contributed by atoms with van der Waals surface area (Å²) < 4.78 is 10.5. The average Bonchev–Trinajstić information content (AvgIpc) is 2.86. The molecule has 1 saturated carbocycles. The van der Waals surface area contributed by atoms with Gasteiger partial charge in [0.15, 0.2) is 0 Å². The monoisotopic (exact) mass is 404 g/mol. The summed E-state index contributed by atoms with van der Waals surface area (Å²) in [5.74, 6) is -2.14. The number of hydrogen-bond acceptors (Lipinski definition) is 6. The number of methoxy groups -OCH3 is 1. The molecule has 4 atom stereocenters. The highest BCUT2D eigenvalue weighted by Crippen LogP contribution is 2.63. The Kier molecular flexibility index (Phi) is 5.47. The molecule has 158 valence electrons. The van der Waals surface area contributed by atoms with Gasteiger partial charge in [-0.1, -0.05) is 31.2 Å². The van der Waals surface area contributed by atoms with Crippen LogP contribution in [-0.4, -0.2) is 47.4 Å². The van der Waals surface area contributed by atoms with E-state index in [0.29, 0.717) is 24.8 Å². The van der Waals surface area contributed by atoms with Crippen LogP contribution < -0.4 is 0 Å². The molecule has 0 aromatic rings. The van der Waals surface area contributed by atoms with Crippen molar-refractivity contribution in [3.05, 3.63) is 35.5 Å². The SMILES string of the molecule is COC(=O)C1=CC[C@@]23CC[C@@H]([C@@](C)(/C=C/C=C(\C)C(=O)O)COC2=O)[C@@]3(O)CC1. The summed E-state index contributed by atoms with van der Waals surface area (Å²) in [6, 6.07) is 0. The van der Waals surface area contributed by atoms with Crippen molar-refractivity contribution in [2.75, 3.05) is 13.7 Å². The first kappa shape index (κ1) is 21.3. The fourth-order valence-electron chi connectivity index (χ4n) is 5.26. The fourth-order valence-corrected chi connectivity index (χ4v) is 5.26. The molecule has 0 aromatic carbocycles. The first-order valence-corrected chi connectivity index (χ1v) is 9.86. The van der Waals surface area contributed by atoms with E-state index in [1.807, 2.05) is 13.0 Å². The number of carbonyl (C=O) groups is 3. The maximum absolute atomic E-state index is 13.0. The van der Waals surface area contributed by atoms with E-state index in [-0.39, 0.29) is 30.9 Å². The molecule has 0 spiro atoms. The highest BCUT2D eigenvalue weighted by atomic mass is 16.5. The van der Waals surface area contributed by atoms with Crippen molar-refractivity contribution >= 4 is 17.9 Å². The van der Waals surface area contributed by atoms with Crippen molar-refractivity contribution in [3.63, 3.8) is 0 Å². The van der Waals surface area contributed by atoms with E-state index >= 15 is 0 Å². The van der Waals surface area contributed by atoms with Crippen molar-refractivity contribution in [2.45, 2.75) is 51.6 Å². The molecule has 2 bridgehead atoms. The number of ether oxygens (including phenoxy) is 2. The lowest BCUT2D eigenvalue weighted by molar-refractivity contribution is -0.169. The Morgan fingerprint density at radius 3 is 2.72 bits per heavy atom. The molecule has 0 amide bonds. The van der Waals surface area contributed by atoms with Gasteiger partial charge < -0.3 is 19.7 Å². The summed E-state index contributed by atoms with van der Waals surface area (Å²) in [6.45, 7) is 3.54. The average molecular weight is 404 g/mol. The third-order valence-electron chi connectivity index (χ3n) is 7.05. The molecule has 2 aliphatic carbocycles. The minimum Gasteiger partial charge on any atom is -0.478 e. The molecule has 7 nitrogen and oxygen atoms in total. The fraction of sp³-hybridized carbons (Fsp3) is 0.591. The molecule has 0 radical (unpaired) electrons. The molecule has 1 aliphatic heterocycles. The molecule has 2 N–H and O–H groups in total. The Balaban J connectivity index is 1.99. The predicted molar refractivity (Wildman–Crippen MR) is 104 cm³/mol. The Morgan fingerprint density at radius 1 is 1.34 bits per heavy atom. The summed E-state index contributed by atoms with van der Waals surface area (Å²) in [5, 5.41) is 20.9. The number of aliphatic hydroxyl groups is 1. The first-order chi connectivity index (χ1) is 13.6. The number of esters is 2. The number of rotatable bonds is 4. The molecule has 3 rings (SSSR count). The Morgan fingerprint density at radius 2 is 2.07 bits per heavy atom. The van der Waals surface area contributed by atoms with Gasteiger partial charge in [0, 0.05) is 22.5 Å². The summed E-state index contributed by atoms with van der Waals surface area (Å²) in [5.41, 5.74) is -2.40. The van der Waals surface area contributed by atoms with Gasteiger partial charge in [-0.05, 0) is 39.0 Å². The zero-order chi connectivity index (χ0) is 21.4. The van der Waals surface area contributed by atoms with E-state index in [1.54, 1.807) is 12.2 Å². The van der Waals surface area contributed by atoms with Crippen molar-refractivity contribution in [2.24, 2.45) is 16.7 Å². The molecule has 1 heterocycles. The standard InChI is InChI=1S/C22H28O7/c1-14(17(23)24)5-4-9-20(2)13-29-19(26)21-10-6-15(18(25)28-3)7-12-22(21,27)16(20)8-11-21/h4-6,9,16,27H,7-8,10-13H2,1-3H3,(H,23,24)/b9-4+,14-5+/t16-,20-,21+,22-/m0/s1. The van der Waals surface area contributed by atoms with Crippen LogP contribution in [-0.2, 0) is 23.9 Å². The third kappa shape index (κ3) is 3.31. The largest absolute Gasteiger partial charge is 0.478 e. The molecule has 2 fully saturated rings. The number of allylic oxidation sites excluding steroid dienone is 3. The maximum Gasteiger partial charge on any atom is 0.333 e. The second-order valence-corrected chi connectivity index (χ2v) is 8.62. The minimum absolute atomic E-state index is 0.116. The van der Waals surface area contributed by atoms with Crippen molar-refractivity contribution < 1.29 is 34.1 Å². The van der Waals surface area contributed by atoms with E-state index < -0.39 is 34.3 Å². The normalized spacial score (nSPS) is 37.2. The quantitative estimate of drug-likeness (QED) is 0.421. The maximum atomic E-state index is 13.0. The zero-order valence-electron chi connectivity index (χ0n) is 17.1. The van der Waals surface area contributed by atoms with Crippen LogP contribution in [0.15, 0.2) is 35.5 Å². The van der Waals surface area contributed by atoms with Gasteiger partial charge >= 0.3 is 17.9 Å². The molecular weight excluding hydrogens is 376 g/mol. The van der Waals surface area contributed by atoms with Gasteiger partial charge in [0.05, 0.1) is 12.7 Å². The van der Waals surface area contributed by atoms with Crippen molar-refractivity contribution in [1.29, 1.82) is 0 Å². The van der Waals surface area contributed by atoms with Gasteiger partial charge in [-0.25, -0.2) is 9.59 Å². The minimum atomic E-state index is -1.32. The van der Waals surface area contributed by atoms with Crippen LogP contribution in [0.1, 0.15) is 46.0 Å². The van der Waals surface area contributed by atoms with E-state index in [4.69, 9.17) is 14.6 Å². The second-order valence-electron chi connectivity index (χ2n) is 8.62. The van der Waals surface area contributed by atoms with E-state index in [1.165, 1.54) is 20.1 Å². The molecule has 3 aliphatic rings. The van der Waals surface area contributed by atoms with Crippen LogP contribution in [0.5, 0.6) is 0 Å². The smallest absolute Gasteiger partial charge is 0.333 e. The van der Waals surface area contributed by atoms with E-state index in [9.17, 15) is 19.5 Å². The van der Waals surface area contributed by atoms with Crippen LogP contribution in [0.3, 0.4) is 0 Å². The van der Waals surface area contributed by atoms with Crippen LogP contribution in [0.4, 0.5) is 0 Å². The molecule has 29 heavy (non-hydrogen) atoms. The van der Waals surface area contributed by atoms with Gasteiger partial charge in [-0.3, -0.25) is 4.79 Å². The summed E-state index contributed by atoms with van der Waals surface area (Å²) in [6.07, 6.45) is 8.65. The number of aliphatic carboxylic acids is 1. The van der Waals surface area contributed by atoms with Crippen molar-refractivity contribution in [3.8, 4) is 0 Å². The van der Waals surface area contributed by atoms with Gasteiger partial charge in [-0.2, -0.15) is 0 Å². The lowest BCUT2D eigenvalue weighted by Gasteiger charge is -2.43. The molecule has 0 unspecified atom stereocenters. The van der Waals surface area contributed by atoms with Gasteiger partial charge in [0.2, 0.25) is 0 Å². The predicted octanol–water partition coefficient (Wildman–Crippen LogP) is 2.55. The van der Waals surface area contributed by atoms with Crippen molar-refractivity contribution in [1.82, 2.24) is 0 Å². The van der Waals surface area contributed by atoms with Gasteiger partial charge in [-0.15, -0.1) is 0 Å². The first-order valence-electron chi connectivity index (χ1n) is 9.86. The number of cyclic esters (lactones) is 1. The summed E-state index contributed by atoms with van der Waals surface area (Å²) in [7, 11) is 1.31. The summed E-state index contributed by atoms with van der Waals surface area (Å²) >= 11 is 0. The number of hydrogen-bond donors (Lipinski definition) is 2. The molecule has 7 heteroatoms. The van der Waals surface area contributed by atoms with E-state index in [0.717, 1.165) is 0 Å². The topological polar surface area (TPSA) is 110 Å². The Hall–Kier alpha value is -2.41. The highest BCUT2D eigenvalue weighted by molar-refractivity contribution is 5.89. The number of carbonyl (C=O) groups excluding carboxylic acids is 2. The van der Waals surface area contributed by atoms with Crippen LogP contribution in [0.2, 0.25) is 0 Å². The molecule has 1 saturated heterocycles. The molecule has 0 aromatic heterocycles. The van der Waals surface area contributed by atoms with Gasteiger partial charge in [0.25, 0.3) is 0 Å². The van der Waals surface area contributed by atoms with Gasteiger partial charge in [0.1, 0.15) is 12.0 Å². The number of carboxylic acid groups (broad SMARTS) is 1. The lowest BCUT2D eigenvalue weighted by Crippen LogP contribution is -2.53. The van der Waals surface area contributed by atoms with Crippen LogP contribution in [0.25, 0.3) is 0 Å². The Bertz CT molecular complexity index is 823. The third-order valence-corrected chi connectivity index (χ3v) is 7.05. The van der Waals surface area contributed by atoms with E-state index in [2.05, 4.69) is 0 Å². The zero-order valence-corrected chi connectivity index (χ0v) is 17.1. The summed E-state index contributed by atoms with van der Waals surface area (Å²) in [4.78, 5) is 36.1. The lowest BCUT2D eigenvalue weighted by atomic mass is 9.62. The Labute approximate surface area is 170 Å². The van der Waals surface area contributed by atoms with Crippen LogP contribution >= 0.6 is 0 Å². The highest BCUT2D eigenvalue weighted by Gasteiger charge is 2.69.